The van der Waals surface area contributed by atoms with E-state index in [1.807, 2.05) is 13.0 Å². The lowest BCUT2D eigenvalue weighted by Crippen LogP contribution is -2.45. The monoisotopic (exact) mass is 265 g/mol. The van der Waals surface area contributed by atoms with Crippen molar-refractivity contribution in [1.82, 2.24) is 14.9 Å². The SMILES string of the molecule is CCNc1nccc(NCC2CN(CC)CCO2)n1. The van der Waals surface area contributed by atoms with Gasteiger partial charge in [0.25, 0.3) is 0 Å². The second kappa shape index (κ2) is 7.25. The van der Waals surface area contributed by atoms with E-state index in [0.29, 0.717) is 5.95 Å². The third kappa shape index (κ3) is 4.33. The number of hydrogen-bond donors (Lipinski definition) is 2. The Morgan fingerprint density at radius 1 is 1.42 bits per heavy atom. The fourth-order valence-corrected chi connectivity index (χ4v) is 2.11. The number of aromatic nitrogens is 2. The largest absolute Gasteiger partial charge is 0.374 e. The van der Waals surface area contributed by atoms with Gasteiger partial charge < -0.3 is 15.4 Å². The number of anilines is 2. The Morgan fingerprint density at radius 2 is 2.32 bits per heavy atom. The van der Waals surface area contributed by atoms with Gasteiger partial charge in [-0.05, 0) is 19.5 Å². The third-order valence-corrected chi connectivity index (χ3v) is 3.17. The summed E-state index contributed by atoms with van der Waals surface area (Å²) in [5.74, 6) is 1.50. The Labute approximate surface area is 114 Å². The summed E-state index contributed by atoms with van der Waals surface area (Å²) in [7, 11) is 0. The summed E-state index contributed by atoms with van der Waals surface area (Å²) in [6.07, 6.45) is 1.99. The van der Waals surface area contributed by atoms with Gasteiger partial charge in [-0.3, -0.25) is 4.90 Å². The smallest absolute Gasteiger partial charge is 0.224 e. The van der Waals surface area contributed by atoms with Gasteiger partial charge in [0, 0.05) is 32.4 Å². The molecule has 0 saturated carbocycles. The van der Waals surface area contributed by atoms with Gasteiger partial charge in [-0.25, -0.2) is 4.98 Å². The van der Waals surface area contributed by atoms with Crippen molar-refractivity contribution in [2.75, 3.05) is 50.0 Å². The van der Waals surface area contributed by atoms with Crippen LogP contribution in [0.4, 0.5) is 11.8 Å². The summed E-state index contributed by atoms with van der Waals surface area (Å²) < 4.78 is 5.75. The van der Waals surface area contributed by atoms with Gasteiger partial charge in [-0.15, -0.1) is 0 Å². The molecule has 6 nitrogen and oxygen atoms in total. The number of hydrogen-bond acceptors (Lipinski definition) is 6. The third-order valence-electron chi connectivity index (χ3n) is 3.17. The Morgan fingerprint density at radius 3 is 3.11 bits per heavy atom. The summed E-state index contributed by atoms with van der Waals surface area (Å²) in [5, 5.41) is 6.42. The van der Waals surface area contributed by atoms with Crippen molar-refractivity contribution in [2.45, 2.75) is 20.0 Å². The van der Waals surface area contributed by atoms with E-state index in [2.05, 4.69) is 32.4 Å². The molecule has 1 aliphatic rings. The predicted molar refractivity (Wildman–Crippen MR) is 76.5 cm³/mol. The zero-order valence-corrected chi connectivity index (χ0v) is 11.7. The van der Waals surface area contributed by atoms with Crippen molar-refractivity contribution in [3.8, 4) is 0 Å². The van der Waals surface area contributed by atoms with Crippen LogP contribution in [0.2, 0.25) is 0 Å². The maximum absolute atomic E-state index is 5.75. The van der Waals surface area contributed by atoms with Crippen molar-refractivity contribution in [3.05, 3.63) is 12.3 Å². The quantitative estimate of drug-likeness (QED) is 0.801. The Kier molecular flexibility index (Phi) is 5.35. The van der Waals surface area contributed by atoms with Crippen molar-refractivity contribution in [1.29, 1.82) is 0 Å². The summed E-state index contributed by atoms with van der Waals surface area (Å²) in [4.78, 5) is 10.9. The van der Waals surface area contributed by atoms with E-state index in [4.69, 9.17) is 4.74 Å². The van der Waals surface area contributed by atoms with Crippen LogP contribution in [0.15, 0.2) is 12.3 Å². The van der Waals surface area contributed by atoms with Crippen LogP contribution in [-0.4, -0.2) is 60.3 Å². The van der Waals surface area contributed by atoms with Gasteiger partial charge in [0.2, 0.25) is 5.95 Å². The molecule has 1 saturated heterocycles. The van der Waals surface area contributed by atoms with Gasteiger partial charge in [0.15, 0.2) is 0 Å². The fourth-order valence-electron chi connectivity index (χ4n) is 2.11. The highest BCUT2D eigenvalue weighted by molar-refractivity contribution is 5.39. The Balaban J connectivity index is 1.82. The zero-order chi connectivity index (χ0) is 13.5. The molecule has 0 amide bonds. The fraction of sp³-hybridized carbons (Fsp3) is 0.692. The first-order valence-corrected chi connectivity index (χ1v) is 6.96. The minimum atomic E-state index is 0.228. The maximum atomic E-state index is 5.75. The molecular formula is C13H23N5O. The standard InChI is InChI=1S/C13H23N5O/c1-3-14-13-15-6-5-12(17-13)16-9-11-10-18(4-2)7-8-19-11/h5-6,11H,3-4,7-10H2,1-2H3,(H2,14,15,16,17). The molecule has 0 spiro atoms. The molecule has 106 valence electrons. The molecule has 1 unspecified atom stereocenters. The molecule has 0 radical (unpaired) electrons. The molecule has 2 N–H and O–H groups in total. The average molecular weight is 265 g/mol. The molecule has 1 aliphatic heterocycles. The van der Waals surface area contributed by atoms with Crippen LogP contribution in [0, 0.1) is 0 Å². The van der Waals surface area contributed by atoms with Crippen LogP contribution in [0.1, 0.15) is 13.8 Å². The van der Waals surface area contributed by atoms with Gasteiger partial charge in [0.1, 0.15) is 5.82 Å². The number of nitrogens with one attached hydrogen (secondary N) is 2. The lowest BCUT2D eigenvalue weighted by Gasteiger charge is -2.32. The molecule has 1 aromatic rings. The Bertz CT molecular complexity index is 387. The molecule has 6 heteroatoms. The van der Waals surface area contributed by atoms with E-state index in [1.54, 1.807) is 6.20 Å². The van der Waals surface area contributed by atoms with Crippen molar-refractivity contribution >= 4 is 11.8 Å². The van der Waals surface area contributed by atoms with Crippen LogP contribution in [-0.2, 0) is 4.74 Å². The summed E-state index contributed by atoms with van der Waals surface area (Å²) >= 11 is 0. The van der Waals surface area contributed by atoms with Gasteiger partial charge >= 0.3 is 0 Å². The van der Waals surface area contributed by atoms with Crippen LogP contribution in [0.25, 0.3) is 0 Å². The molecule has 1 atom stereocenters. The van der Waals surface area contributed by atoms with E-state index >= 15 is 0 Å². The first-order chi connectivity index (χ1) is 9.31. The van der Waals surface area contributed by atoms with Crippen molar-refractivity contribution in [2.24, 2.45) is 0 Å². The van der Waals surface area contributed by atoms with Gasteiger partial charge in [-0.1, -0.05) is 6.92 Å². The molecule has 0 bridgehead atoms. The first kappa shape index (κ1) is 14.0. The normalized spacial score (nSPS) is 20.2. The molecule has 1 aromatic heterocycles. The summed E-state index contributed by atoms with van der Waals surface area (Å²) in [5.41, 5.74) is 0. The molecule has 2 heterocycles. The molecular weight excluding hydrogens is 242 g/mol. The van der Waals surface area contributed by atoms with Gasteiger partial charge in [0.05, 0.1) is 12.7 Å². The van der Waals surface area contributed by atoms with E-state index < -0.39 is 0 Å². The van der Waals surface area contributed by atoms with E-state index in [9.17, 15) is 0 Å². The van der Waals surface area contributed by atoms with E-state index in [0.717, 1.165) is 45.1 Å². The topological polar surface area (TPSA) is 62.3 Å². The van der Waals surface area contributed by atoms with Gasteiger partial charge in [-0.2, -0.15) is 4.98 Å². The second-order valence-electron chi connectivity index (χ2n) is 4.56. The minimum absolute atomic E-state index is 0.228. The Hall–Kier alpha value is -1.40. The van der Waals surface area contributed by atoms with Crippen LogP contribution < -0.4 is 10.6 Å². The highest BCUT2D eigenvalue weighted by Gasteiger charge is 2.18. The number of likely N-dealkylation sites (N-methyl/N-ethyl adjacent to an activating group) is 1. The molecule has 19 heavy (non-hydrogen) atoms. The zero-order valence-electron chi connectivity index (χ0n) is 11.7. The average Bonchev–Trinajstić information content (AvgIpc) is 2.46. The highest BCUT2D eigenvalue weighted by atomic mass is 16.5. The lowest BCUT2D eigenvalue weighted by molar-refractivity contribution is -0.0192. The van der Waals surface area contributed by atoms with Crippen LogP contribution in [0.5, 0.6) is 0 Å². The predicted octanol–water partition coefficient (Wildman–Crippen LogP) is 1.04. The molecule has 0 aliphatic carbocycles. The number of nitrogens with zero attached hydrogens (tertiary/aromatic N) is 3. The van der Waals surface area contributed by atoms with E-state index in [-0.39, 0.29) is 6.10 Å². The van der Waals surface area contributed by atoms with Crippen LogP contribution in [0.3, 0.4) is 0 Å². The summed E-state index contributed by atoms with van der Waals surface area (Å²) in [6.45, 7) is 9.71. The molecule has 2 rings (SSSR count). The summed E-state index contributed by atoms with van der Waals surface area (Å²) in [6, 6.07) is 1.88. The first-order valence-electron chi connectivity index (χ1n) is 6.96. The molecule has 0 aromatic carbocycles. The highest BCUT2D eigenvalue weighted by Crippen LogP contribution is 2.08. The number of ether oxygens (including phenoxy) is 1. The lowest BCUT2D eigenvalue weighted by atomic mass is 10.2. The van der Waals surface area contributed by atoms with Crippen LogP contribution >= 0.6 is 0 Å². The number of morpholine rings is 1. The molecule has 1 fully saturated rings. The second-order valence-corrected chi connectivity index (χ2v) is 4.56. The number of rotatable bonds is 6. The minimum Gasteiger partial charge on any atom is -0.374 e. The van der Waals surface area contributed by atoms with E-state index in [1.165, 1.54) is 0 Å². The van der Waals surface area contributed by atoms with Crippen molar-refractivity contribution < 1.29 is 4.74 Å². The maximum Gasteiger partial charge on any atom is 0.224 e. The van der Waals surface area contributed by atoms with Crippen molar-refractivity contribution in [3.63, 3.8) is 0 Å².